The lowest BCUT2D eigenvalue weighted by Crippen LogP contribution is -2.31. The van der Waals surface area contributed by atoms with E-state index in [0.29, 0.717) is 18.9 Å². The number of nitrogens with one attached hydrogen (secondary N) is 1. The molecular weight excluding hydrogens is 321 g/mol. The highest BCUT2D eigenvalue weighted by molar-refractivity contribution is 6.07. The van der Waals surface area contributed by atoms with Gasteiger partial charge >= 0.3 is 6.03 Å². The molecule has 1 aromatic heterocycles. The second-order valence-electron chi connectivity index (χ2n) is 6.00. The van der Waals surface area contributed by atoms with Crippen molar-refractivity contribution in [2.75, 3.05) is 13.1 Å². The van der Waals surface area contributed by atoms with Crippen molar-refractivity contribution in [1.82, 2.24) is 19.8 Å². The number of aliphatic imine (C=N–C) groups is 1. The molecule has 1 N–H and O–H groups in total. The Bertz CT molecular complexity index is 744. The van der Waals surface area contributed by atoms with E-state index in [9.17, 15) is 9.18 Å². The number of aryl methyl sites for hydroxylation is 1. The molecule has 6 nitrogen and oxygen atoms in total. The van der Waals surface area contributed by atoms with E-state index in [2.05, 4.69) is 15.3 Å². The van der Waals surface area contributed by atoms with Crippen LogP contribution in [0.1, 0.15) is 31.4 Å². The van der Waals surface area contributed by atoms with Crippen LogP contribution in [0.2, 0.25) is 0 Å². The standard InChI is InChI=1S/C18H22FN5O/c1-2-7-21-17-16(14-5-3-6-15(19)12-14)24(18(25)22-17)10-4-9-23-11-8-20-13-23/h3,5-6,8,11-13,16H,2,4,7,9-10H2,1H3,(H,21,22,25). The molecule has 1 unspecified atom stereocenters. The third-order valence-corrected chi connectivity index (χ3v) is 4.11. The van der Waals surface area contributed by atoms with Crippen LogP contribution < -0.4 is 5.32 Å². The zero-order valence-corrected chi connectivity index (χ0v) is 14.2. The fourth-order valence-electron chi connectivity index (χ4n) is 2.96. The maximum Gasteiger partial charge on any atom is 0.323 e. The van der Waals surface area contributed by atoms with Gasteiger partial charge in [-0.15, -0.1) is 0 Å². The minimum absolute atomic E-state index is 0.185. The summed E-state index contributed by atoms with van der Waals surface area (Å²) >= 11 is 0. The van der Waals surface area contributed by atoms with E-state index >= 15 is 0 Å². The molecule has 0 spiro atoms. The number of amides is 2. The molecule has 1 fully saturated rings. The topological polar surface area (TPSA) is 62.5 Å². The maximum atomic E-state index is 13.7. The second kappa shape index (κ2) is 7.92. The molecule has 2 amide bonds. The summed E-state index contributed by atoms with van der Waals surface area (Å²) < 4.78 is 15.7. The van der Waals surface area contributed by atoms with E-state index in [1.165, 1.54) is 12.1 Å². The molecule has 132 valence electrons. The Balaban J connectivity index is 1.79. The normalized spacial score (nSPS) is 18.8. The molecule has 1 aliphatic heterocycles. The molecule has 1 atom stereocenters. The summed E-state index contributed by atoms with van der Waals surface area (Å²) in [5.74, 6) is 0.283. The number of nitrogens with zero attached hydrogens (tertiary/aromatic N) is 4. The molecule has 7 heteroatoms. The molecule has 2 aromatic rings. The van der Waals surface area contributed by atoms with Crippen molar-refractivity contribution < 1.29 is 9.18 Å². The van der Waals surface area contributed by atoms with Crippen molar-refractivity contribution in [3.63, 3.8) is 0 Å². The molecule has 1 saturated heterocycles. The largest absolute Gasteiger partial charge is 0.337 e. The van der Waals surface area contributed by atoms with E-state index in [-0.39, 0.29) is 17.9 Å². The van der Waals surface area contributed by atoms with Gasteiger partial charge in [-0.2, -0.15) is 0 Å². The predicted octanol–water partition coefficient (Wildman–Crippen LogP) is 2.99. The number of carbonyl (C=O) groups is 1. The Labute approximate surface area is 146 Å². The van der Waals surface area contributed by atoms with Crippen LogP contribution in [0.5, 0.6) is 0 Å². The van der Waals surface area contributed by atoms with Crippen LogP contribution in [0.3, 0.4) is 0 Å². The van der Waals surface area contributed by atoms with Crippen LogP contribution in [0.25, 0.3) is 0 Å². The highest BCUT2D eigenvalue weighted by Gasteiger charge is 2.37. The van der Waals surface area contributed by atoms with Gasteiger partial charge in [0.1, 0.15) is 17.7 Å². The van der Waals surface area contributed by atoms with Gasteiger partial charge in [0.25, 0.3) is 0 Å². The number of urea groups is 1. The lowest BCUT2D eigenvalue weighted by molar-refractivity contribution is 0.204. The van der Waals surface area contributed by atoms with Gasteiger partial charge in [0.05, 0.1) is 6.33 Å². The fourth-order valence-corrected chi connectivity index (χ4v) is 2.96. The Morgan fingerprint density at radius 3 is 2.96 bits per heavy atom. The highest BCUT2D eigenvalue weighted by Crippen LogP contribution is 2.27. The number of hydrogen-bond acceptors (Lipinski definition) is 3. The molecule has 2 heterocycles. The molecule has 0 radical (unpaired) electrons. The van der Waals surface area contributed by atoms with Crippen LogP contribution in [0.4, 0.5) is 9.18 Å². The van der Waals surface area contributed by atoms with Gasteiger partial charge < -0.3 is 9.47 Å². The first-order valence-corrected chi connectivity index (χ1v) is 8.52. The Morgan fingerprint density at radius 2 is 2.24 bits per heavy atom. The van der Waals surface area contributed by atoms with Crippen LogP contribution >= 0.6 is 0 Å². The molecule has 0 saturated carbocycles. The molecule has 1 aliphatic rings. The predicted molar refractivity (Wildman–Crippen MR) is 93.8 cm³/mol. The SMILES string of the molecule is CCCN=C1NC(=O)N(CCCn2ccnc2)C1c1cccc(F)c1. The molecule has 0 bridgehead atoms. The number of hydrogen-bond donors (Lipinski definition) is 1. The van der Waals surface area contributed by atoms with Gasteiger partial charge in [-0.1, -0.05) is 19.1 Å². The highest BCUT2D eigenvalue weighted by atomic mass is 19.1. The molecule has 25 heavy (non-hydrogen) atoms. The van der Waals surface area contributed by atoms with E-state index in [0.717, 1.165) is 24.9 Å². The van der Waals surface area contributed by atoms with E-state index < -0.39 is 0 Å². The van der Waals surface area contributed by atoms with E-state index in [1.807, 2.05) is 23.8 Å². The van der Waals surface area contributed by atoms with Crippen molar-refractivity contribution in [2.24, 2.45) is 4.99 Å². The van der Waals surface area contributed by atoms with Crippen molar-refractivity contribution in [3.8, 4) is 0 Å². The van der Waals surface area contributed by atoms with Crippen LogP contribution in [-0.2, 0) is 6.54 Å². The third-order valence-electron chi connectivity index (χ3n) is 4.11. The fraction of sp³-hybridized carbons (Fsp3) is 0.389. The van der Waals surface area contributed by atoms with Crippen molar-refractivity contribution in [3.05, 3.63) is 54.4 Å². The Kier molecular flexibility index (Phi) is 5.42. The van der Waals surface area contributed by atoms with Crippen LogP contribution in [0, 0.1) is 5.82 Å². The smallest absolute Gasteiger partial charge is 0.323 e. The number of benzene rings is 1. The molecule has 0 aliphatic carbocycles. The first-order chi connectivity index (χ1) is 12.2. The quantitative estimate of drug-likeness (QED) is 0.840. The summed E-state index contributed by atoms with van der Waals surface area (Å²) in [7, 11) is 0. The van der Waals surface area contributed by atoms with E-state index in [4.69, 9.17) is 0 Å². The van der Waals surface area contributed by atoms with E-state index in [1.54, 1.807) is 23.5 Å². The van der Waals surface area contributed by atoms with Crippen molar-refractivity contribution in [1.29, 1.82) is 0 Å². The number of carbonyl (C=O) groups excluding carboxylic acids is 1. The summed E-state index contributed by atoms with van der Waals surface area (Å²) in [6.07, 6.45) is 7.03. The summed E-state index contributed by atoms with van der Waals surface area (Å²) in [6, 6.07) is 5.81. The van der Waals surface area contributed by atoms with Gasteiger partial charge in [0, 0.05) is 32.0 Å². The number of amidine groups is 1. The minimum Gasteiger partial charge on any atom is -0.337 e. The maximum absolute atomic E-state index is 13.7. The Morgan fingerprint density at radius 1 is 1.36 bits per heavy atom. The molecule has 1 aromatic carbocycles. The number of aromatic nitrogens is 2. The summed E-state index contributed by atoms with van der Waals surface area (Å²) in [4.78, 5) is 22.7. The van der Waals surface area contributed by atoms with Crippen LogP contribution in [0.15, 0.2) is 48.0 Å². The van der Waals surface area contributed by atoms with Gasteiger partial charge in [-0.3, -0.25) is 10.3 Å². The zero-order valence-electron chi connectivity index (χ0n) is 14.2. The molecule has 3 rings (SSSR count). The van der Waals surface area contributed by atoms with Gasteiger partial charge in [-0.05, 0) is 30.5 Å². The summed E-state index contributed by atoms with van der Waals surface area (Å²) in [5.41, 5.74) is 0.732. The van der Waals surface area contributed by atoms with Crippen LogP contribution in [-0.4, -0.2) is 39.4 Å². The monoisotopic (exact) mass is 343 g/mol. The summed E-state index contributed by atoms with van der Waals surface area (Å²) in [6.45, 7) is 3.97. The second-order valence-corrected chi connectivity index (χ2v) is 6.00. The van der Waals surface area contributed by atoms with Crippen molar-refractivity contribution in [2.45, 2.75) is 32.4 Å². The molecular formula is C18H22FN5O. The first-order valence-electron chi connectivity index (χ1n) is 8.52. The first kappa shape index (κ1) is 17.1. The van der Waals surface area contributed by atoms with Gasteiger partial charge in [-0.25, -0.2) is 14.2 Å². The average molecular weight is 343 g/mol. The average Bonchev–Trinajstić information content (AvgIpc) is 3.21. The number of halogens is 1. The Hall–Kier alpha value is -2.70. The van der Waals surface area contributed by atoms with Crippen molar-refractivity contribution >= 4 is 11.9 Å². The summed E-state index contributed by atoms with van der Waals surface area (Å²) in [5, 5.41) is 2.85. The lowest BCUT2D eigenvalue weighted by atomic mass is 10.1. The third kappa shape index (κ3) is 4.04. The number of imidazole rings is 1. The lowest BCUT2D eigenvalue weighted by Gasteiger charge is -2.23. The zero-order chi connectivity index (χ0) is 17.6. The van der Waals surface area contributed by atoms with Gasteiger partial charge in [0.2, 0.25) is 0 Å². The minimum atomic E-state index is -0.363. The van der Waals surface area contributed by atoms with Gasteiger partial charge in [0.15, 0.2) is 0 Å². The number of rotatable bonds is 7.